The molecule has 0 saturated heterocycles. The molecule has 0 spiro atoms. The maximum Gasteiger partial charge on any atom is 0.335 e. The lowest BCUT2D eigenvalue weighted by Crippen LogP contribution is -2.32. The van der Waals surface area contributed by atoms with E-state index >= 15 is 0 Å². The van der Waals surface area contributed by atoms with E-state index in [9.17, 15) is 9.59 Å². The van der Waals surface area contributed by atoms with Gasteiger partial charge >= 0.3 is 5.97 Å². The van der Waals surface area contributed by atoms with Gasteiger partial charge in [-0.05, 0) is 61.0 Å². The monoisotopic (exact) mass is 416 g/mol. The molecule has 148 valence electrons. The third-order valence-electron chi connectivity index (χ3n) is 4.68. The molecule has 0 fully saturated rings. The van der Waals surface area contributed by atoms with Crippen LogP contribution >= 0.6 is 11.6 Å². The number of aromatic carboxylic acids is 1. The number of carboxylic acids is 1. The van der Waals surface area contributed by atoms with Gasteiger partial charge in [0.05, 0.1) is 11.3 Å². The van der Waals surface area contributed by atoms with Gasteiger partial charge < -0.3 is 5.11 Å². The van der Waals surface area contributed by atoms with Gasteiger partial charge in [-0.1, -0.05) is 47.5 Å². The SMILES string of the molecule is Cc1cccc(C2=N/C(=C/c3ccc(C(=O)O)cc3)C(=O)N2c2ccc(Cl)cc2)c1. The standard InChI is InChI=1S/C24H17ClN2O3/c1-15-3-2-4-18(13-15)22-26-21(14-16-5-7-17(8-6-16)24(29)30)23(28)27(22)20-11-9-19(25)10-12-20/h2-14H,1H3,(H,29,30)/b21-14+. The molecule has 1 amide bonds. The van der Waals surface area contributed by atoms with E-state index in [1.54, 1.807) is 47.4 Å². The normalized spacial score (nSPS) is 14.9. The molecule has 3 aromatic rings. The highest BCUT2D eigenvalue weighted by molar-refractivity contribution is 6.34. The van der Waals surface area contributed by atoms with Crippen molar-refractivity contribution in [2.24, 2.45) is 4.99 Å². The Balaban J connectivity index is 1.79. The summed E-state index contributed by atoms with van der Waals surface area (Å²) >= 11 is 6.01. The van der Waals surface area contributed by atoms with Crippen LogP contribution in [-0.2, 0) is 4.79 Å². The van der Waals surface area contributed by atoms with Gasteiger partial charge in [-0.15, -0.1) is 0 Å². The Hall–Kier alpha value is -3.70. The second-order valence-electron chi connectivity index (χ2n) is 6.88. The van der Waals surface area contributed by atoms with Crippen molar-refractivity contribution in [3.63, 3.8) is 0 Å². The quantitative estimate of drug-likeness (QED) is 0.595. The van der Waals surface area contributed by atoms with Gasteiger partial charge in [0, 0.05) is 10.6 Å². The molecule has 4 rings (SSSR count). The number of aryl methyl sites for hydroxylation is 1. The number of carbonyl (C=O) groups is 2. The first kappa shape index (κ1) is 19.6. The van der Waals surface area contributed by atoms with Crippen LogP contribution in [0.2, 0.25) is 5.02 Å². The number of hydrogen-bond donors (Lipinski definition) is 1. The highest BCUT2D eigenvalue weighted by atomic mass is 35.5. The molecule has 30 heavy (non-hydrogen) atoms. The summed E-state index contributed by atoms with van der Waals surface area (Å²) in [7, 11) is 0. The molecule has 1 aliphatic rings. The van der Waals surface area contributed by atoms with E-state index in [2.05, 4.69) is 4.99 Å². The molecule has 0 unspecified atom stereocenters. The van der Waals surface area contributed by atoms with Gasteiger partial charge in [-0.25, -0.2) is 9.79 Å². The minimum atomic E-state index is -1.00. The summed E-state index contributed by atoms with van der Waals surface area (Å²) in [6, 6.07) is 21.1. The van der Waals surface area contributed by atoms with E-state index in [1.165, 1.54) is 12.1 Å². The van der Waals surface area contributed by atoms with Gasteiger partial charge in [0.25, 0.3) is 5.91 Å². The Bertz CT molecular complexity index is 1200. The van der Waals surface area contributed by atoms with Crippen molar-refractivity contribution in [2.75, 3.05) is 4.90 Å². The van der Waals surface area contributed by atoms with E-state index in [1.807, 2.05) is 31.2 Å². The minimum absolute atomic E-state index is 0.182. The number of benzene rings is 3. The van der Waals surface area contributed by atoms with Crippen LogP contribution in [0, 0.1) is 6.92 Å². The Labute approximate surface area is 178 Å². The Morgan fingerprint density at radius 2 is 1.73 bits per heavy atom. The molecule has 0 aromatic heterocycles. The summed E-state index contributed by atoms with van der Waals surface area (Å²) in [6.45, 7) is 1.98. The maximum atomic E-state index is 13.3. The number of rotatable bonds is 4. The number of anilines is 1. The fourth-order valence-electron chi connectivity index (χ4n) is 3.20. The number of nitrogens with zero attached hydrogens (tertiary/aromatic N) is 2. The van der Waals surface area contributed by atoms with Crippen LogP contribution in [0.4, 0.5) is 5.69 Å². The Morgan fingerprint density at radius 1 is 1.03 bits per heavy atom. The predicted molar refractivity (Wildman–Crippen MR) is 118 cm³/mol. The molecule has 0 saturated carbocycles. The number of carboxylic acid groups (broad SMARTS) is 1. The molecular formula is C24H17ClN2O3. The lowest BCUT2D eigenvalue weighted by molar-refractivity contribution is -0.113. The first-order valence-electron chi connectivity index (χ1n) is 9.23. The first-order valence-corrected chi connectivity index (χ1v) is 9.61. The lowest BCUT2D eigenvalue weighted by atomic mass is 10.1. The van der Waals surface area contributed by atoms with E-state index in [4.69, 9.17) is 16.7 Å². The summed E-state index contributed by atoms with van der Waals surface area (Å²) in [4.78, 5) is 30.5. The fraction of sp³-hybridized carbons (Fsp3) is 0.0417. The minimum Gasteiger partial charge on any atom is -0.478 e. The number of hydrogen-bond acceptors (Lipinski definition) is 3. The summed E-state index contributed by atoms with van der Waals surface area (Å²) in [6.07, 6.45) is 1.65. The fourth-order valence-corrected chi connectivity index (χ4v) is 3.33. The number of aliphatic imine (C=N–C) groups is 1. The van der Waals surface area contributed by atoms with Crippen LogP contribution < -0.4 is 4.90 Å². The van der Waals surface area contributed by atoms with Crippen molar-refractivity contribution in [3.8, 4) is 0 Å². The third kappa shape index (κ3) is 3.88. The van der Waals surface area contributed by atoms with Gasteiger partial charge in [-0.3, -0.25) is 9.69 Å². The van der Waals surface area contributed by atoms with E-state index in [0.29, 0.717) is 22.1 Å². The molecule has 3 aromatic carbocycles. The van der Waals surface area contributed by atoms with Gasteiger partial charge in [0.1, 0.15) is 11.5 Å². The smallest absolute Gasteiger partial charge is 0.335 e. The average Bonchev–Trinajstić information content (AvgIpc) is 3.05. The number of amidine groups is 1. The summed E-state index contributed by atoms with van der Waals surface area (Å²) < 4.78 is 0. The molecule has 5 nitrogen and oxygen atoms in total. The van der Waals surface area contributed by atoms with Crippen LogP contribution in [0.3, 0.4) is 0 Å². The van der Waals surface area contributed by atoms with Gasteiger partial charge in [-0.2, -0.15) is 0 Å². The zero-order valence-corrected chi connectivity index (χ0v) is 16.8. The second kappa shape index (κ2) is 7.97. The molecule has 0 atom stereocenters. The maximum absolute atomic E-state index is 13.3. The van der Waals surface area contributed by atoms with Crippen molar-refractivity contribution in [1.29, 1.82) is 0 Å². The zero-order valence-electron chi connectivity index (χ0n) is 16.0. The average molecular weight is 417 g/mol. The number of carbonyl (C=O) groups excluding carboxylic acids is 1. The third-order valence-corrected chi connectivity index (χ3v) is 4.93. The number of amides is 1. The molecule has 1 aliphatic heterocycles. The van der Waals surface area contributed by atoms with Gasteiger partial charge in [0.2, 0.25) is 0 Å². The highest BCUT2D eigenvalue weighted by Crippen LogP contribution is 2.29. The van der Waals surface area contributed by atoms with Crippen molar-refractivity contribution >= 4 is 41.1 Å². The molecule has 0 radical (unpaired) electrons. The van der Waals surface area contributed by atoms with E-state index in [-0.39, 0.29) is 17.2 Å². The Kier molecular flexibility index (Phi) is 5.21. The van der Waals surface area contributed by atoms with E-state index < -0.39 is 5.97 Å². The van der Waals surface area contributed by atoms with Crippen molar-refractivity contribution in [1.82, 2.24) is 0 Å². The van der Waals surface area contributed by atoms with Crippen LogP contribution in [-0.4, -0.2) is 22.8 Å². The van der Waals surface area contributed by atoms with Crippen molar-refractivity contribution < 1.29 is 14.7 Å². The molecule has 1 N–H and O–H groups in total. The van der Waals surface area contributed by atoms with Crippen molar-refractivity contribution in [2.45, 2.75) is 6.92 Å². The van der Waals surface area contributed by atoms with Crippen LogP contribution in [0.5, 0.6) is 0 Å². The second-order valence-corrected chi connectivity index (χ2v) is 7.32. The molecule has 6 heteroatoms. The van der Waals surface area contributed by atoms with E-state index in [0.717, 1.165) is 11.1 Å². The molecule has 0 aliphatic carbocycles. The van der Waals surface area contributed by atoms with Gasteiger partial charge in [0.15, 0.2) is 0 Å². The largest absolute Gasteiger partial charge is 0.478 e. The van der Waals surface area contributed by atoms with Crippen LogP contribution in [0.15, 0.2) is 83.5 Å². The summed E-state index contributed by atoms with van der Waals surface area (Å²) in [5, 5.41) is 9.64. The molecule has 1 heterocycles. The molecule has 0 bridgehead atoms. The first-order chi connectivity index (χ1) is 14.4. The zero-order chi connectivity index (χ0) is 21.3. The Morgan fingerprint density at radius 3 is 2.37 bits per heavy atom. The topological polar surface area (TPSA) is 70.0 Å². The highest BCUT2D eigenvalue weighted by Gasteiger charge is 2.32. The van der Waals surface area contributed by atoms with Crippen LogP contribution in [0.1, 0.15) is 27.0 Å². The molecular weight excluding hydrogens is 400 g/mol. The predicted octanol–water partition coefficient (Wildman–Crippen LogP) is 5.18. The summed E-state index contributed by atoms with van der Waals surface area (Å²) in [5.74, 6) is -0.740. The number of halogens is 1. The van der Waals surface area contributed by atoms with Crippen LogP contribution in [0.25, 0.3) is 6.08 Å². The lowest BCUT2D eigenvalue weighted by Gasteiger charge is -2.18. The van der Waals surface area contributed by atoms with Crippen molar-refractivity contribution in [3.05, 3.63) is 106 Å². The summed E-state index contributed by atoms with van der Waals surface area (Å²) in [5.41, 5.74) is 3.68.